The molecule has 2 aliphatic heterocycles. The van der Waals surface area contributed by atoms with Crippen LogP contribution in [0, 0.1) is 5.92 Å². The fraction of sp³-hybridized carbons (Fsp3) is 0.833. The number of hydroxylamine groups is 2. The van der Waals surface area contributed by atoms with E-state index in [9.17, 15) is 9.59 Å². The second-order valence-corrected chi connectivity index (χ2v) is 4.71. The minimum Gasteiger partial charge on any atom is -0.383 e. The first-order chi connectivity index (χ1) is 8.72. The van der Waals surface area contributed by atoms with Crippen molar-refractivity contribution in [2.75, 3.05) is 40.0 Å². The number of rotatable bonds is 4. The molecule has 1 unspecified atom stereocenters. The Kier molecular flexibility index (Phi) is 4.54. The Bertz CT molecular complexity index is 315. The van der Waals surface area contributed by atoms with Gasteiger partial charge in [-0.1, -0.05) is 0 Å². The van der Waals surface area contributed by atoms with Crippen molar-refractivity contribution in [3.63, 3.8) is 0 Å². The maximum atomic E-state index is 12.2. The standard InChI is InChI=1S/C12H20N2O4/c1-17-7-5-13-9-10(8-11(13)15)12(16)14-4-2-3-6-18-14/h10H,2-9H2,1H3. The minimum absolute atomic E-state index is 0.0300. The van der Waals surface area contributed by atoms with E-state index >= 15 is 0 Å². The van der Waals surface area contributed by atoms with E-state index in [1.807, 2.05) is 0 Å². The molecule has 0 N–H and O–H groups in total. The van der Waals surface area contributed by atoms with Crippen LogP contribution in [0.2, 0.25) is 0 Å². The van der Waals surface area contributed by atoms with E-state index in [1.54, 1.807) is 12.0 Å². The van der Waals surface area contributed by atoms with Gasteiger partial charge >= 0.3 is 0 Å². The van der Waals surface area contributed by atoms with E-state index in [2.05, 4.69) is 0 Å². The Hall–Kier alpha value is -1.14. The molecule has 2 amide bonds. The van der Waals surface area contributed by atoms with Crippen molar-refractivity contribution >= 4 is 11.8 Å². The second-order valence-electron chi connectivity index (χ2n) is 4.71. The van der Waals surface area contributed by atoms with Crippen LogP contribution < -0.4 is 0 Å². The third-order valence-electron chi connectivity index (χ3n) is 3.38. The Balaban J connectivity index is 1.86. The minimum atomic E-state index is -0.257. The van der Waals surface area contributed by atoms with Gasteiger partial charge in [-0.3, -0.25) is 14.4 Å². The van der Waals surface area contributed by atoms with Gasteiger partial charge in [-0.2, -0.15) is 0 Å². The van der Waals surface area contributed by atoms with Crippen LogP contribution in [0.5, 0.6) is 0 Å². The molecule has 6 nitrogen and oxygen atoms in total. The molecule has 18 heavy (non-hydrogen) atoms. The Morgan fingerprint density at radius 2 is 2.33 bits per heavy atom. The highest BCUT2D eigenvalue weighted by Gasteiger charge is 2.37. The van der Waals surface area contributed by atoms with Gasteiger partial charge in [0, 0.05) is 33.2 Å². The number of methoxy groups -OCH3 is 1. The molecule has 102 valence electrons. The van der Waals surface area contributed by atoms with Gasteiger partial charge in [-0.25, -0.2) is 5.06 Å². The summed E-state index contributed by atoms with van der Waals surface area (Å²) >= 11 is 0. The van der Waals surface area contributed by atoms with Crippen LogP contribution >= 0.6 is 0 Å². The molecule has 0 spiro atoms. The fourth-order valence-electron chi connectivity index (χ4n) is 2.33. The van der Waals surface area contributed by atoms with Crippen LogP contribution in [0.1, 0.15) is 19.3 Å². The topological polar surface area (TPSA) is 59.1 Å². The molecule has 0 aliphatic carbocycles. The molecule has 0 saturated carbocycles. The molecule has 0 radical (unpaired) electrons. The molecular weight excluding hydrogens is 236 g/mol. The van der Waals surface area contributed by atoms with Gasteiger partial charge in [0.25, 0.3) is 5.91 Å². The number of ether oxygens (including phenoxy) is 1. The molecule has 2 aliphatic rings. The predicted octanol–water partition coefficient (Wildman–Crippen LogP) is 0.0353. The van der Waals surface area contributed by atoms with Crippen molar-refractivity contribution in [3.05, 3.63) is 0 Å². The van der Waals surface area contributed by atoms with Gasteiger partial charge in [0.05, 0.1) is 19.1 Å². The van der Waals surface area contributed by atoms with Crippen molar-refractivity contribution in [2.24, 2.45) is 5.92 Å². The summed E-state index contributed by atoms with van der Waals surface area (Å²) in [5, 5.41) is 1.43. The van der Waals surface area contributed by atoms with Crippen LogP contribution in [0.3, 0.4) is 0 Å². The quantitative estimate of drug-likeness (QED) is 0.712. The van der Waals surface area contributed by atoms with Gasteiger partial charge < -0.3 is 9.64 Å². The van der Waals surface area contributed by atoms with Crippen molar-refractivity contribution < 1.29 is 19.2 Å². The Labute approximate surface area is 107 Å². The van der Waals surface area contributed by atoms with Crippen molar-refractivity contribution in [3.8, 4) is 0 Å². The van der Waals surface area contributed by atoms with Gasteiger partial charge in [-0.05, 0) is 12.8 Å². The van der Waals surface area contributed by atoms with Gasteiger partial charge in [-0.15, -0.1) is 0 Å². The summed E-state index contributed by atoms with van der Waals surface area (Å²) in [6.45, 7) is 2.79. The smallest absolute Gasteiger partial charge is 0.251 e. The number of carbonyl (C=O) groups excluding carboxylic acids is 2. The summed E-state index contributed by atoms with van der Waals surface area (Å²) in [7, 11) is 1.60. The van der Waals surface area contributed by atoms with Crippen LogP contribution in [0.15, 0.2) is 0 Å². The van der Waals surface area contributed by atoms with E-state index in [-0.39, 0.29) is 17.7 Å². The predicted molar refractivity (Wildman–Crippen MR) is 63.5 cm³/mol. The fourth-order valence-corrected chi connectivity index (χ4v) is 2.33. The average molecular weight is 256 g/mol. The Morgan fingerprint density at radius 3 is 3.00 bits per heavy atom. The van der Waals surface area contributed by atoms with E-state index in [0.717, 1.165) is 12.8 Å². The SMILES string of the molecule is COCCN1CC(C(=O)N2CCCCO2)CC1=O. The average Bonchev–Trinajstić information content (AvgIpc) is 2.78. The normalized spacial score (nSPS) is 24.7. The third kappa shape index (κ3) is 3.00. The molecule has 1 atom stereocenters. The van der Waals surface area contributed by atoms with Gasteiger partial charge in [0.1, 0.15) is 0 Å². The maximum Gasteiger partial charge on any atom is 0.251 e. The lowest BCUT2D eigenvalue weighted by atomic mass is 10.1. The summed E-state index contributed by atoms with van der Waals surface area (Å²) in [6.07, 6.45) is 2.26. The van der Waals surface area contributed by atoms with E-state index in [1.165, 1.54) is 5.06 Å². The van der Waals surface area contributed by atoms with Crippen LogP contribution in [-0.2, 0) is 19.2 Å². The zero-order valence-electron chi connectivity index (χ0n) is 10.8. The molecule has 0 aromatic carbocycles. The van der Waals surface area contributed by atoms with Gasteiger partial charge in [0.2, 0.25) is 5.91 Å². The van der Waals surface area contributed by atoms with Crippen LogP contribution in [-0.4, -0.2) is 61.7 Å². The number of amides is 2. The molecule has 2 heterocycles. The number of carbonyl (C=O) groups is 2. The molecule has 0 bridgehead atoms. The molecule has 2 fully saturated rings. The lowest BCUT2D eigenvalue weighted by molar-refractivity contribution is -0.200. The highest BCUT2D eigenvalue weighted by Crippen LogP contribution is 2.21. The van der Waals surface area contributed by atoms with E-state index in [0.29, 0.717) is 39.3 Å². The molecule has 2 rings (SSSR count). The number of hydrogen-bond donors (Lipinski definition) is 0. The summed E-state index contributed by atoms with van der Waals surface area (Å²) in [4.78, 5) is 30.9. The lowest BCUT2D eigenvalue weighted by Gasteiger charge is -2.28. The highest BCUT2D eigenvalue weighted by atomic mass is 16.7. The van der Waals surface area contributed by atoms with Gasteiger partial charge in [0.15, 0.2) is 0 Å². The van der Waals surface area contributed by atoms with Crippen molar-refractivity contribution in [1.29, 1.82) is 0 Å². The highest BCUT2D eigenvalue weighted by molar-refractivity contribution is 5.88. The first-order valence-corrected chi connectivity index (χ1v) is 6.43. The van der Waals surface area contributed by atoms with Crippen molar-refractivity contribution in [2.45, 2.75) is 19.3 Å². The first-order valence-electron chi connectivity index (χ1n) is 6.43. The summed E-state index contributed by atoms with van der Waals surface area (Å²) < 4.78 is 4.95. The summed E-state index contributed by atoms with van der Waals surface area (Å²) in [6, 6.07) is 0. The Morgan fingerprint density at radius 1 is 1.50 bits per heavy atom. The van der Waals surface area contributed by atoms with Crippen LogP contribution in [0.4, 0.5) is 0 Å². The maximum absolute atomic E-state index is 12.2. The summed E-state index contributed by atoms with van der Waals surface area (Å²) in [5.74, 6) is -0.280. The zero-order valence-corrected chi connectivity index (χ0v) is 10.8. The number of likely N-dealkylation sites (tertiary alicyclic amines) is 1. The molecule has 2 saturated heterocycles. The number of hydrogen-bond acceptors (Lipinski definition) is 4. The van der Waals surface area contributed by atoms with Crippen LogP contribution in [0.25, 0.3) is 0 Å². The zero-order chi connectivity index (χ0) is 13.0. The molecule has 0 aromatic rings. The molecule has 6 heteroatoms. The molecular formula is C12H20N2O4. The van der Waals surface area contributed by atoms with Crippen molar-refractivity contribution in [1.82, 2.24) is 9.96 Å². The monoisotopic (exact) mass is 256 g/mol. The van der Waals surface area contributed by atoms with E-state index in [4.69, 9.17) is 9.57 Å². The number of nitrogens with zero attached hydrogens (tertiary/aromatic N) is 2. The third-order valence-corrected chi connectivity index (χ3v) is 3.38. The summed E-state index contributed by atoms with van der Waals surface area (Å²) in [5.41, 5.74) is 0. The first kappa shape index (κ1) is 13.3. The molecule has 0 aromatic heterocycles. The second kappa shape index (κ2) is 6.15. The van der Waals surface area contributed by atoms with E-state index < -0.39 is 0 Å². The lowest BCUT2D eigenvalue weighted by Crippen LogP contribution is -2.40. The largest absolute Gasteiger partial charge is 0.383 e.